The van der Waals surface area contributed by atoms with E-state index in [1.54, 1.807) is 0 Å². The number of nitrogens with one attached hydrogen (secondary N) is 1. The quantitative estimate of drug-likeness (QED) is 0.466. The lowest BCUT2D eigenvalue weighted by atomic mass is 9.86. The first-order valence-corrected chi connectivity index (χ1v) is 9.12. The molecule has 0 radical (unpaired) electrons. The number of aryl methyl sites for hydroxylation is 1. The third kappa shape index (κ3) is 3.10. The fraction of sp³-hybridized carbons (Fsp3) is 0.316. The number of carbonyl (C=O) groups is 1. The molecule has 3 aromatic heterocycles. The lowest BCUT2D eigenvalue weighted by molar-refractivity contribution is -0.285. The summed E-state index contributed by atoms with van der Waals surface area (Å²) in [6, 6.07) is 3.05. The summed E-state index contributed by atoms with van der Waals surface area (Å²) in [6.45, 7) is 0.703. The number of anilines is 2. The topological polar surface area (TPSA) is 112 Å². The van der Waals surface area contributed by atoms with Gasteiger partial charge < -0.3 is 11.1 Å². The number of halogens is 5. The first-order valence-electron chi connectivity index (χ1n) is 9.12. The maximum absolute atomic E-state index is 13.4. The van der Waals surface area contributed by atoms with Gasteiger partial charge in [-0.15, -0.1) is 6.42 Å². The maximum atomic E-state index is 13.4. The lowest BCUT2D eigenvalue weighted by Crippen LogP contribution is -2.37. The van der Waals surface area contributed by atoms with Crippen LogP contribution in [0.25, 0.3) is 22.6 Å². The molecule has 166 valence electrons. The van der Waals surface area contributed by atoms with Crippen LogP contribution in [0, 0.1) is 12.3 Å². The first kappa shape index (κ1) is 21.4. The number of hydrogen-bond donors (Lipinski definition) is 2. The van der Waals surface area contributed by atoms with E-state index in [2.05, 4.69) is 31.3 Å². The number of amides is 1. The van der Waals surface area contributed by atoms with E-state index < -0.39 is 36.4 Å². The molecule has 0 aromatic carbocycles. The second kappa shape index (κ2) is 6.84. The predicted molar refractivity (Wildman–Crippen MR) is 103 cm³/mol. The average Bonchev–Trinajstić information content (AvgIpc) is 3.21. The number of aromatic nitrogens is 5. The molecule has 0 saturated heterocycles. The molecule has 1 atom stereocenters. The molecule has 0 aliphatic carbocycles. The molecule has 1 aliphatic heterocycles. The Morgan fingerprint density at radius 1 is 1.28 bits per heavy atom. The third-order valence-corrected chi connectivity index (χ3v) is 5.18. The molecule has 4 rings (SSSR count). The van der Waals surface area contributed by atoms with Crippen molar-refractivity contribution in [1.82, 2.24) is 24.7 Å². The van der Waals surface area contributed by atoms with Crippen LogP contribution in [-0.4, -0.2) is 42.7 Å². The van der Waals surface area contributed by atoms with Crippen LogP contribution >= 0.6 is 0 Å². The molecule has 1 aliphatic rings. The summed E-state index contributed by atoms with van der Waals surface area (Å²) in [5.41, 5.74) is 4.95. The molecule has 1 amide bonds. The van der Waals surface area contributed by atoms with Crippen molar-refractivity contribution in [3.05, 3.63) is 23.9 Å². The van der Waals surface area contributed by atoms with Gasteiger partial charge in [-0.3, -0.25) is 4.79 Å². The largest absolute Gasteiger partial charge is 0.453 e. The van der Waals surface area contributed by atoms with E-state index in [-0.39, 0.29) is 34.4 Å². The highest BCUT2D eigenvalue weighted by Gasteiger charge is 2.56. The normalized spacial score (nSPS) is 18.5. The van der Waals surface area contributed by atoms with Gasteiger partial charge in [-0.25, -0.2) is 19.6 Å². The van der Waals surface area contributed by atoms with Crippen LogP contribution < -0.4 is 11.1 Å². The number of nitrogens with two attached hydrogens (primary N) is 1. The van der Waals surface area contributed by atoms with Crippen LogP contribution in [0.15, 0.2) is 18.3 Å². The van der Waals surface area contributed by atoms with Crippen molar-refractivity contribution in [3.63, 3.8) is 0 Å². The molecule has 0 fully saturated rings. The number of fused-ring (bicyclic) bond motifs is 2. The highest BCUT2D eigenvalue weighted by atomic mass is 19.4. The highest BCUT2D eigenvalue weighted by molar-refractivity contribution is 6.09. The number of pyridine rings is 1. The van der Waals surface area contributed by atoms with Crippen LogP contribution in [0.5, 0.6) is 0 Å². The van der Waals surface area contributed by atoms with Crippen LogP contribution in [0.1, 0.15) is 18.9 Å². The van der Waals surface area contributed by atoms with Gasteiger partial charge >= 0.3 is 12.1 Å². The maximum Gasteiger partial charge on any atom is 0.453 e. The van der Waals surface area contributed by atoms with Gasteiger partial charge in [0, 0.05) is 19.2 Å². The Labute approximate surface area is 177 Å². The molecule has 0 saturated carbocycles. The SMILES string of the molecule is C#CC1(C)C(=O)Nc2nc(-c3nn(CCC(F)(F)C(F)(F)F)c4ncccc34)nc(N)c21. The van der Waals surface area contributed by atoms with Gasteiger partial charge in [0.05, 0.1) is 10.9 Å². The van der Waals surface area contributed by atoms with Crippen LogP contribution in [0.4, 0.5) is 33.6 Å². The number of carbonyl (C=O) groups excluding carboxylic acids is 1. The van der Waals surface area contributed by atoms with Crippen LogP contribution in [0.3, 0.4) is 0 Å². The standard InChI is InChI=1S/C19H14F5N7O/c1-3-17(2)10-12(25)27-14(28-13(10)29-16(17)32)11-9-5-4-7-26-15(9)31(30-11)8-6-18(20,21)19(22,23)24/h1,4-5,7H,6,8H2,2H3,(H3,25,27,28,29,32). The monoisotopic (exact) mass is 451 g/mol. The lowest BCUT2D eigenvalue weighted by Gasteiger charge is -2.19. The molecule has 4 heterocycles. The minimum absolute atomic E-state index is 0.0430. The molecule has 32 heavy (non-hydrogen) atoms. The summed E-state index contributed by atoms with van der Waals surface area (Å²) in [4.78, 5) is 24.7. The molecule has 3 N–H and O–H groups in total. The van der Waals surface area contributed by atoms with Crippen molar-refractivity contribution in [3.8, 4) is 23.9 Å². The number of hydrogen-bond acceptors (Lipinski definition) is 6. The zero-order valence-electron chi connectivity index (χ0n) is 16.3. The predicted octanol–water partition coefficient (Wildman–Crippen LogP) is 2.90. The van der Waals surface area contributed by atoms with Crippen LogP contribution in [-0.2, 0) is 16.8 Å². The molecule has 8 nitrogen and oxygen atoms in total. The van der Waals surface area contributed by atoms with Crippen molar-refractivity contribution in [1.29, 1.82) is 0 Å². The van der Waals surface area contributed by atoms with E-state index in [1.807, 2.05) is 0 Å². The Balaban J connectivity index is 1.79. The Kier molecular flexibility index (Phi) is 4.58. The van der Waals surface area contributed by atoms with Gasteiger partial charge in [-0.2, -0.15) is 27.1 Å². The van der Waals surface area contributed by atoms with Gasteiger partial charge in [0.25, 0.3) is 0 Å². The smallest absolute Gasteiger partial charge is 0.383 e. The summed E-state index contributed by atoms with van der Waals surface area (Å²) in [7, 11) is 0. The zero-order chi connectivity index (χ0) is 23.5. The number of alkyl halides is 5. The van der Waals surface area contributed by atoms with E-state index in [0.29, 0.717) is 5.39 Å². The van der Waals surface area contributed by atoms with Gasteiger partial charge in [-0.1, -0.05) is 5.92 Å². The molecule has 0 bridgehead atoms. The number of rotatable bonds is 4. The van der Waals surface area contributed by atoms with Gasteiger partial charge in [0.15, 0.2) is 11.5 Å². The minimum atomic E-state index is -5.69. The molecular formula is C19H14F5N7O. The van der Waals surface area contributed by atoms with E-state index >= 15 is 0 Å². The van der Waals surface area contributed by atoms with Crippen molar-refractivity contribution in [2.75, 3.05) is 11.1 Å². The molecule has 3 aromatic rings. The molecular weight excluding hydrogens is 437 g/mol. The minimum Gasteiger partial charge on any atom is -0.383 e. The second-order valence-electron chi connectivity index (χ2n) is 7.28. The number of nitrogen functional groups attached to an aromatic ring is 1. The van der Waals surface area contributed by atoms with E-state index in [9.17, 15) is 26.7 Å². The van der Waals surface area contributed by atoms with E-state index in [0.717, 1.165) is 4.68 Å². The fourth-order valence-corrected chi connectivity index (χ4v) is 3.37. The number of nitrogens with zero attached hydrogens (tertiary/aromatic N) is 5. The van der Waals surface area contributed by atoms with Gasteiger partial charge in [-0.05, 0) is 19.1 Å². The van der Waals surface area contributed by atoms with Crippen molar-refractivity contribution in [2.24, 2.45) is 0 Å². The number of terminal acetylenes is 1. The van der Waals surface area contributed by atoms with E-state index in [1.165, 1.54) is 25.3 Å². The summed E-state index contributed by atoms with van der Waals surface area (Å²) in [5, 5.41) is 6.92. The van der Waals surface area contributed by atoms with E-state index in [4.69, 9.17) is 12.2 Å². The zero-order valence-corrected chi connectivity index (χ0v) is 16.3. The Hall–Kier alpha value is -3.82. The molecule has 13 heteroatoms. The van der Waals surface area contributed by atoms with Crippen LogP contribution in [0.2, 0.25) is 0 Å². The fourth-order valence-electron chi connectivity index (χ4n) is 3.37. The van der Waals surface area contributed by atoms with Gasteiger partial charge in [0.2, 0.25) is 5.91 Å². The Morgan fingerprint density at radius 2 is 2.00 bits per heavy atom. The summed E-state index contributed by atoms with van der Waals surface area (Å²) in [6.07, 6.45) is -0.407. The summed E-state index contributed by atoms with van der Waals surface area (Å²) < 4.78 is 65.3. The third-order valence-electron chi connectivity index (χ3n) is 5.18. The summed E-state index contributed by atoms with van der Waals surface area (Å²) in [5.74, 6) is -3.19. The molecule has 1 unspecified atom stereocenters. The molecule has 0 spiro atoms. The Bertz CT molecular complexity index is 1290. The highest BCUT2D eigenvalue weighted by Crippen LogP contribution is 2.41. The van der Waals surface area contributed by atoms with Crippen molar-refractivity contribution < 1.29 is 26.7 Å². The Morgan fingerprint density at radius 3 is 2.66 bits per heavy atom. The second-order valence-corrected chi connectivity index (χ2v) is 7.28. The average molecular weight is 451 g/mol. The van der Waals surface area contributed by atoms with Gasteiger partial charge in [0.1, 0.15) is 22.7 Å². The van der Waals surface area contributed by atoms with Crippen molar-refractivity contribution in [2.45, 2.75) is 37.4 Å². The first-order chi connectivity index (χ1) is 14.9. The summed E-state index contributed by atoms with van der Waals surface area (Å²) >= 11 is 0. The van der Waals surface area contributed by atoms with Crippen molar-refractivity contribution >= 4 is 28.6 Å².